The lowest BCUT2D eigenvalue weighted by atomic mass is 9.43. The Labute approximate surface area is 127 Å². The molecule has 0 N–H and O–H groups in total. The van der Waals surface area contributed by atoms with E-state index in [4.69, 9.17) is 0 Å². The first-order valence-electron chi connectivity index (χ1n) is 8.98. The van der Waals surface area contributed by atoms with Crippen LogP contribution in [0, 0.1) is 40.4 Å². The minimum Gasteiger partial charge on any atom is -0.299 e. The predicted octanol–water partition coefficient (Wildman–Crippen LogP) is 4.54. The highest BCUT2D eigenvalue weighted by Gasteiger charge is 2.75. The lowest BCUT2D eigenvalue weighted by molar-refractivity contribution is -0.139. The van der Waals surface area contributed by atoms with Crippen molar-refractivity contribution in [1.82, 2.24) is 0 Å². The minimum absolute atomic E-state index is 0.0511. The van der Waals surface area contributed by atoms with Gasteiger partial charge in [0.05, 0.1) is 0 Å². The van der Waals surface area contributed by atoms with E-state index in [0.29, 0.717) is 40.8 Å². The van der Waals surface area contributed by atoms with E-state index in [2.05, 4.69) is 19.2 Å². The van der Waals surface area contributed by atoms with Gasteiger partial charge in [0.1, 0.15) is 5.78 Å². The molecule has 0 saturated heterocycles. The summed E-state index contributed by atoms with van der Waals surface area (Å²) in [5, 5.41) is 0. The molecule has 7 atom stereocenters. The van der Waals surface area contributed by atoms with Crippen LogP contribution >= 0.6 is 0 Å². The smallest absolute Gasteiger partial charge is 0.143 e. The highest BCUT2D eigenvalue weighted by molar-refractivity contribution is 5.93. The Hall–Kier alpha value is -0.850. The maximum atomic E-state index is 13.5. The van der Waals surface area contributed by atoms with Crippen molar-refractivity contribution in [3.05, 3.63) is 24.8 Å². The second-order valence-electron chi connectivity index (χ2n) is 8.68. The van der Waals surface area contributed by atoms with Crippen LogP contribution in [0.3, 0.4) is 0 Å². The van der Waals surface area contributed by atoms with Crippen molar-refractivity contribution in [2.24, 2.45) is 40.4 Å². The molecule has 0 aliphatic heterocycles. The quantitative estimate of drug-likeness (QED) is 0.645. The van der Waals surface area contributed by atoms with Gasteiger partial charge in [-0.15, -0.1) is 6.58 Å². The van der Waals surface area contributed by atoms with E-state index in [0.717, 1.165) is 6.42 Å². The van der Waals surface area contributed by atoms with Gasteiger partial charge in [-0.3, -0.25) is 4.79 Å². The Kier molecular flexibility index (Phi) is 2.25. The largest absolute Gasteiger partial charge is 0.299 e. The molecule has 6 aliphatic carbocycles. The van der Waals surface area contributed by atoms with Gasteiger partial charge in [-0.25, -0.2) is 0 Å². The number of fused-ring (bicyclic) bond motifs is 1. The minimum atomic E-state index is 0.0511. The van der Waals surface area contributed by atoms with Gasteiger partial charge >= 0.3 is 0 Å². The van der Waals surface area contributed by atoms with Gasteiger partial charge in [-0.2, -0.15) is 0 Å². The van der Waals surface area contributed by atoms with Gasteiger partial charge < -0.3 is 0 Å². The molecule has 112 valence electrons. The molecule has 6 rings (SSSR count). The van der Waals surface area contributed by atoms with Gasteiger partial charge in [0.25, 0.3) is 0 Å². The second kappa shape index (κ2) is 3.73. The molecule has 1 heteroatoms. The fourth-order valence-corrected chi connectivity index (χ4v) is 7.86. The van der Waals surface area contributed by atoms with E-state index in [1.54, 1.807) is 0 Å². The van der Waals surface area contributed by atoms with Crippen LogP contribution < -0.4 is 0 Å². The van der Waals surface area contributed by atoms with Crippen LogP contribution in [-0.4, -0.2) is 5.78 Å². The zero-order valence-corrected chi connectivity index (χ0v) is 12.9. The van der Waals surface area contributed by atoms with Crippen LogP contribution in [0.2, 0.25) is 0 Å². The Morgan fingerprint density at radius 1 is 1.19 bits per heavy atom. The molecule has 5 unspecified atom stereocenters. The molecule has 6 fully saturated rings. The molecular weight excluding hydrogens is 256 g/mol. The highest BCUT2D eigenvalue weighted by atomic mass is 16.1. The first-order chi connectivity index (χ1) is 10.1. The zero-order valence-electron chi connectivity index (χ0n) is 12.9. The highest BCUT2D eigenvalue weighted by Crippen LogP contribution is 2.78. The number of allylic oxidation sites excluding steroid dienone is 2. The maximum absolute atomic E-state index is 13.5. The normalized spacial score (nSPS) is 57.2. The molecule has 5 bridgehead atoms. The molecular formula is C20H26O. The summed E-state index contributed by atoms with van der Waals surface area (Å²) in [4.78, 5) is 13.5. The molecule has 2 spiro atoms. The van der Waals surface area contributed by atoms with Gasteiger partial charge in [0.2, 0.25) is 0 Å². The summed E-state index contributed by atoms with van der Waals surface area (Å²) in [6.45, 7) is 8.46. The van der Waals surface area contributed by atoms with Crippen molar-refractivity contribution in [1.29, 1.82) is 0 Å². The van der Waals surface area contributed by atoms with Crippen molar-refractivity contribution in [3.8, 4) is 0 Å². The average molecular weight is 282 g/mol. The Morgan fingerprint density at radius 2 is 2.05 bits per heavy atom. The summed E-state index contributed by atoms with van der Waals surface area (Å²) >= 11 is 0. The molecule has 6 aliphatic rings. The van der Waals surface area contributed by atoms with Gasteiger partial charge in [-0.05, 0) is 74.0 Å². The fourth-order valence-electron chi connectivity index (χ4n) is 7.86. The van der Waals surface area contributed by atoms with Crippen LogP contribution in [0.15, 0.2) is 24.8 Å². The van der Waals surface area contributed by atoms with E-state index < -0.39 is 0 Å². The number of carbonyl (C=O) groups excluding carboxylic acids is 1. The number of ketones is 1. The van der Waals surface area contributed by atoms with Crippen molar-refractivity contribution in [2.45, 2.75) is 51.4 Å². The number of hydrogen-bond donors (Lipinski definition) is 0. The molecule has 0 aromatic carbocycles. The van der Waals surface area contributed by atoms with E-state index in [1.165, 1.54) is 50.5 Å². The van der Waals surface area contributed by atoms with Crippen molar-refractivity contribution in [3.63, 3.8) is 0 Å². The van der Waals surface area contributed by atoms with Crippen molar-refractivity contribution in [2.75, 3.05) is 0 Å². The Balaban J connectivity index is 1.69. The van der Waals surface area contributed by atoms with Gasteiger partial charge in [0.15, 0.2) is 0 Å². The SMILES string of the molecule is C=CC1CCCC23C(=O)C4CC5CC2[C@]4(CC[C@H]13)CC5=C. The molecule has 0 aromatic heterocycles. The van der Waals surface area contributed by atoms with Crippen molar-refractivity contribution >= 4 is 5.78 Å². The molecule has 6 saturated carbocycles. The zero-order chi connectivity index (χ0) is 14.4. The summed E-state index contributed by atoms with van der Waals surface area (Å²) in [7, 11) is 0. The molecule has 1 nitrogen and oxygen atoms in total. The summed E-state index contributed by atoms with van der Waals surface area (Å²) in [6, 6.07) is 0. The first-order valence-corrected chi connectivity index (χ1v) is 8.98. The van der Waals surface area contributed by atoms with Crippen LogP contribution in [-0.2, 0) is 4.79 Å². The third-order valence-corrected chi connectivity index (χ3v) is 8.49. The average Bonchev–Trinajstić information content (AvgIpc) is 2.61. The third kappa shape index (κ3) is 1.18. The summed E-state index contributed by atoms with van der Waals surface area (Å²) in [5.41, 5.74) is 1.86. The van der Waals surface area contributed by atoms with Gasteiger partial charge in [-0.1, -0.05) is 24.6 Å². The Bertz CT molecular complexity index is 560. The van der Waals surface area contributed by atoms with Crippen LogP contribution in [0.5, 0.6) is 0 Å². The number of carbonyl (C=O) groups is 1. The number of hydrogen-bond acceptors (Lipinski definition) is 1. The summed E-state index contributed by atoms with van der Waals surface area (Å²) in [5.74, 6) is 3.64. The van der Waals surface area contributed by atoms with Gasteiger partial charge in [0, 0.05) is 11.3 Å². The van der Waals surface area contributed by atoms with E-state index >= 15 is 0 Å². The lowest BCUT2D eigenvalue weighted by Gasteiger charge is -2.60. The lowest BCUT2D eigenvalue weighted by Crippen LogP contribution is -2.54. The first kappa shape index (κ1) is 12.7. The molecule has 0 heterocycles. The van der Waals surface area contributed by atoms with E-state index in [1.807, 2.05) is 0 Å². The molecule has 0 radical (unpaired) electrons. The van der Waals surface area contributed by atoms with Crippen LogP contribution in [0.25, 0.3) is 0 Å². The summed E-state index contributed by atoms with van der Waals surface area (Å²) < 4.78 is 0. The molecule has 0 amide bonds. The second-order valence-corrected chi connectivity index (χ2v) is 8.68. The topological polar surface area (TPSA) is 17.1 Å². The van der Waals surface area contributed by atoms with Crippen molar-refractivity contribution < 1.29 is 4.79 Å². The number of Topliss-reactive ketones (excluding diaryl/α,β-unsaturated/α-hetero) is 1. The predicted molar refractivity (Wildman–Crippen MR) is 83.6 cm³/mol. The van der Waals surface area contributed by atoms with Crippen LogP contribution in [0.1, 0.15) is 51.4 Å². The van der Waals surface area contributed by atoms with E-state index in [-0.39, 0.29) is 5.41 Å². The monoisotopic (exact) mass is 282 g/mol. The van der Waals surface area contributed by atoms with E-state index in [9.17, 15) is 4.79 Å². The van der Waals surface area contributed by atoms with Crippen LogP contribution in [0.4, 0.5) is 0 Å². The Morgan fingerprint density at radius 3 is 2.86 bits per heavy atom. The fraction of sp³-hybridized carbons (Fsp3) is 0.750. The molecule has 21 heavy (non-hydrogen) atoms. The molecule has 0 aromatic rings. The summed E-state index contributed by atoms with van der Waals surface area (Å²) in [6.07, 6.45) is 12.0. The third-order valence-electron chi connectivity index (χ3n) is 8.49. The standard InChI is InChI=1S/C20H26O/c1-3-13-5-4-7-20-15(13)6-8-19-11-12(2)14(10-17(19)20)9-16(19)18(20)21/h3,13-17H,1-2,4-11H2/t13?,14?,15-,16?,17?,19-,20?/m1/s1. The maximum Gasteiger partial charge on any atom is 0.143 e. The number of rotatable bonds is 1.